The van der Waals surface area contributed by atoms with Crippen molar-refractivity contribution in [2.75, 3.05) is 11.4 Å². The normalized spacial score (nSPS) is 16.6. The number of hydrogen-bond donors (Lipinski definition) is 1. The highest BCUT2D eigenvalue weighted by Gasteiger charge is 2.36. The zero-order valence-electron chi connectivity index (χ0n) is 16.8. The summed E-state index contributed by atoms with van der Waals surface area (Å²) in [7, 11) is -2.43. The van der Waals surface area contributed by atoms with Gasteiger partial charge in [0.1, 0.15) is 16.0 Å². The second kappa shape index (κ2) is 9.63. The summed E-state index contributed by atoms with van der Waals surface area (Å²) in [5.74, 6) is 0.115. The Kier molecular flexibility index (Phi) is 7.18. The predicted octanol–water partition coefficient (Wildman–Crippen LogP) is 4.18. The van der Waals surface area contributed by atoms with Crippen LogP contribution >= 0.6 is 11.3 Å². The van der Waals surface area contributed by atoms with Crippen LogP contribution in [0.3, 0.4) is 0 Å². The third-order valence-corrected chi connectivity index (χ3v) is 8.52. The van der Waals surface area contributed by atoms with Crippen LogP contribution in [-0.4, -0.2) is 33.5 Å². The molecule has 1 fully saturated rings. The molecule has 1 heterocycles. The lowest BCUT2D eigenvalue weighted by molar-refractivity contribution is -0.122. The monoisotopic (exact) mass is 436 g/mol. The van der Waals surface area contributed by atoms with Crippen LogP contribution in [0.4, 0.5) is 5.69 Å². The minimum Gasteiger partial charge on any atom is -0.495 e. The first kappa shape index (κ1) is 21.6. The molecule has 0 unspecified atom stereocenters. The van der Waals surface area contributed by atoms with Gasteiger partial charge in [-0.25, -0.2) is 12.7 Å². The zero-order chi connectivity index (χ0) is 20.9. The van der Waals surface area contributed by atoms with Gasteiger partial charge in [-0.1, -0.05) is 43.9 Å². The van der Waals surface area contributed by atoms with Gasteiger partial charge in [-0.15, -0.1) is 11.3 Å². The molecule has 1 aliphatic carbocycles. The third kappa shape index (κ3) is 4.93. The fourth-order valence-electron chi connectivity index (χ4n) is 3.72. The molecular weight excluding hydrogens is 408 g/mol. The van der Waals surface area contributed by atoms with Crippen molar-refractivity contribution in [3.05, 3.63) is 41.8 Å². The molecule has 2 aromatic rings. The zero-order valence-corrected chi connectivity index (χ0v) is 18.5. The first-order chi connectivity index (χ1) is 13.9. The molecule has 0 bridgehead atoms. The molecule has 8 heteroatoms. The van der Waals surface area contributed by atoms with E-state index >= 15 is 0 Å². The van der Waals surface area contributed by atoms with Crippen LogP contribution in [0.1, 0.15) is 45.4 Å². The van der Waals surface area contributed by atoms with Crippen LogP contribution < -0.4 is 14.4 Å². The lowest BCUT2D eigenvalue weighted by Crippen LogP contribution is -2.50. The molecule has 1 atom stereocenters. The van der Waals surface area contributed by atoms with E-state index in [2.05, 4.69) is 5.32 Å². The van der Waals surface area contributed by atoms with Gasteiger partial charge in [-0.2, -0.15) is 0 Å². The number of carbonyl (C=O) groups excluding carboxylic acids is 1. The molecule has 0 spiro atoms. The highest BCUT2D eigenvalue weighted by Crippen LogP contribution is 2.35. The van der Waals surface area contributed by atoms with Gasteiger partial charge in [0.15, 0.2) is 0 Å². The van der Waals surface area contributed by atoms with Crippen LogP contribution in [0, 0.1) is 0 Å². The molecule has 0 radical (unpaired) electrons. The number of rotatable bonds is 7. The Morgan fingerprint density at radius 1 is 1.14 bits per heavy atom. The van der Waals surface area contributed by atoms with Crippen LogP contribution in [0.15, 0.2) is 46.0 Å². The standard InChI is InChI=1S/C21H28N2O4S2/c1-16(21(24)22-17-10-5-3-4-6-11-17)23(18-12-7-8-13-19(18)27-2)29(25,26)20-14-9-15-28-20/h7-9,12-17H,3-6,10-11H2,1-2H3,(H,22,24)/t16-/m1/s1. The van der Waals surface area contributed by atoms with E-state index in [0.29, 0.717) is 11.4 Å². The quantitative estimate of drug-likeness (QED) is 0.661. The minimum absolute atomic E-state index is 0.0939. The first-order valence-corrected chi connectivity index (χ1v) is 12.3. The number of methoxy groups -OCH3 is 1. The van der Waals surface area contributed by atoms with Gasteiger partial charge in [0, 0.05) is 6.04 Å². The van der Waals surface area contributed by atoms with Crippen molar-refractivity contribution in [1.29, 1.82) is 0 Å². The van der Waals surface area contributed by atoms with Gasteiger partial charge >= 0.3 is 0 Å². The van der Waals surface area contributed by atoms with Crippen LogP contribution in [0.25, 0.3) is 0 Å². The number of ether oxygens (including phenoxy) is 1. The van der Waals surface area contributed by atoms with E-state index in [9.17, 15) is 13.2 Å². The molecule has 1 saturated carbocycles. The predicted molar refractivity (Wildman–Crippen MR) is 116 cm³/mol. The topological polar surface area (TPSA) is 75.7 Å². The van der Waals surface area contributed by atoms with Gasteiger partial charge in [-0.05, 0) is 43.3 Å². The molecule has 1 aromatic carbocycles. The molecule has 0 aliphatic heterocycles. The Balaban J connectivity index is 1.95. The summed E-state index contributed by atoms with van der Waals surface area (Å²) < 4.78 is 33.7. The van der Waals surface area contributed by atoms with Crippen molar-refractivity contribution >= 4 is 33.0 Å². The first-order valence-electron chi connectivity index (χ1n) is 9.96. The van der Waals surface area contributed by atoms with Crippen LogP contribution in [0.5, 0.6) is 5.75 Å². The number of benzene rings is 1. The number of nitrogens with one attached hydrogen (secondary N) is 1. The second-order valence-electron chi connectivity index (χ2n) is 7.28. The highest BCUT2D eigenvalue weighted by atomic mass is 32.2. The molecule has 3 rings (SSSR count). The molecule has 0 saturated heterocycles. The van der Waals surface area contributed by atoms with E-state index in [0.717, 1.165) is 37.0 Å². The van der Waals surface area contributed by atoms with Crippen LogP contribution in [0.2, 0.25) is 0 Å². The summed E-state index contributed by atoms with van der Waals surface area (Å²) in [6.45, 7) is 1.63. The number of thiophene rings is 1. The molecule has 1 N–H and O–H groups in total. The highest BCUT2D eigenvalue weighted by molar-refractivity contribution is 7.94. The Morgan fingerprint density at radius 2 is 1.83 bits per heavy atom. The Labute approximate surface area is 176 Å². The van der Waals surface area contributed by atoms with Crippen molar-refractivity contribution < 1.29 is 17.9 Å². The Bertz CT molecular complexity index is 905. The largest absolute Gasteiger partial charge is 0.495 e. The summed E-state index contributed by atoms with van der Waals surface area (Å²) in [5.41, 5.74) is 0.354. The average molecular weight is 437 g/mol. The second-order valence-corrected chi connectivity index (χ2v) is 10.3. The molecule has 6 nitrogen and oxygen atoms in total. The summed E-state index contributed by atoms with van der Waals surface area (Å²) in [5, 5.41) is 4.79. The number of carbonyl (C=O) groups is 1. The van der Waals surface area contributed by atoms with Gasteiger partial charge in [-0.3, -0.25) is 4.79 Å². The van der Waals surface area contributed by atoms with E-state index in [1.54, 1.807) is 48.7 Å². The molecule has 158 valence electrons. The Morgan fingerprint density at radius 3 is 2.45 bits per heavy atom. The van der Waals surface area contributed by atoms with Gasteiger partial charge < -0.3 is 10.1 Å². The van der Waals surface area contributed by atoms with Gasteiger partial charge in [0.05, 0.1) is 12.8 Å². The number of sulfonamides is 1. The maximum Gasteiger partial charge on any atom is 0.274 e. The van der Waals surface area contributed by atoms with E-state index in [1.807, 2.05) is 0 Å². The molecule has 1 amide bonds. The maximum absolute atomic E-state index is 13.5. The summed E-state index contributed by atoms with van der Waals surface area (Å²) in [6.07, 6.45) is 6.41. The summed E-state index contributed by atoms with van der Waals surface area (Å²) >= 11 is 1.13. The molecule has 1 aliphatic rings. The Hall–Kier alpha value is -2.06. The van der Waals surface area contributed by atoms with Crippen molar-refractivity contribution in [2.45, 2.75) is 61.7 Å². The van der Waals surface area contributed by atoms with Crippen molar-refractivity contribution in [1.82, 2.24) is 5.32 Å². The van der Waals surface area contributed by atoms with E-state index < -0.39 is 16.1 Å². The maximum atomic E-state index is 13.5. The summed E-state index contributed by atoms with van der Waals surface area (Å²) in [6, 6.07) is 9.30. The third-order valence-electron chi connectivity index (χ3n) is 5.26. The number of nitrogens with zero attached hydrogens (tertiary/aromatic N) is 1. The van der Waals surface area contributed by atoms with E-state index in [-0.39, 0.29) is 16.2 Å². The van der Waals surface area contributed by atoms with Crippen molar-refractivity contribution in [3.63, 3.8) is 0 Å². The van der Waals surface area contributed by atoms with Crippen LogP contribution in [-0.2, 0) is 14.8 Å². The average Bonchev–Trinajstić information content (AvgIpc) is 3.15. The summed E-state index contributed by atoms with van der Waals surface area (Å²) in [4.78, 5) is 13.1. The lowest BCUT2D eigenvalue weighted by atomic mass is 10.1. The van der Waals surface area contributed by atoms with Crippen molar-refractivity contribution in [3.8, 4) is 5.75 Å². The molecule has 29 heavy (non-hydrogen) atoms. The fraction of sp³-hybridized carbons (Fsp3) is 0.476. The number of hydrogen-bond acceptors (Lipinski definition) is 5. The lowest BCUT2D eigenvalue weighted by Gasteiger charge is -2.31. The smallest absolute Gasteiger partial charge is 0.274 e. The molecule has 1 aromatic heterocycles. The van der Waals surface area contributed by atoms with Gasteiger partial charge in [0.25, 0.3) is 10.0 Å². The minimum atomic E-state index is -3.92. The number of anilines is 1. The SMILES string of the molecule is COc1ccccc1N([C@H](C)C(=O)NC1CCCCCC1)S(=O)(=O)c1cccs1. The van der Waals surface area contributed by atoms with Crippen molar-refractivity contribution in [2.24, 2.45) is 0 Å². The number of para-hydroxylation sites is 2. The number of amides is 1. The van der Waals surface area contributed by atoms with Gasteiger partial charge in [0.2, 0.25) is 5.91 Å². The molecular formula is C21H28N2O4S2. The fourth-order valence-corrected chi connectivity index (χ4v) is 6.43. The van der Waals surface area contributed by atoms with E-state index in [1.165, 1.54) is 24.3 Å². The van der Waals surface area contributed by atoms with E-state index in [4.69, 9.17) is 4.74 Å².